The molecule has 2 aliphatic rings. The highest BCUT2D eigenvalue weighted by molar-refractivity contribution is 5.80. The molecule has 2 atom stereocenters. The highest BCUT2D eigenvalue weighted by Gasteiger charge is 2.32. The summed E-state index contributed by atoms with van der Waals surface area (Å²) < 4.78 is 8.03. The molecule has 1 aromatic carbocycles. The molecule has 0 aliphatic carbocycles. The van der Waals surface area contributed by atoms with Crippen LogP contribution in [0.3, 0.4) is 0 Å². The summed E-state index contributed by atoms with van der Waals surface area (Å²) in [6.45, 7) is 4.27. The third kappa shape index (κ3) is 3.32. The van der Waals surface area contributed by atoms with E-state index in [9.17, 15) is 4.79 Å². The third-order valence-electron chi connectivity index (χ3n) is 5.25. The molecule has 2 unspecified atom stereocenters. The summed E-state index contributed by atoms with van der Waals surface area (Å²) >= 11 is 0. The fourth-order valence-electron chi connectivity index (χ4n) is 3.88. The highest BCUT2D eigenvalue weighted by Crippen LogP contribution is 2.22. The van der Waals surface area contributed by atoms with Gasteiger partial charge < -0.3 is 14.6 Å². The standard InChI is InChI=1S/C19H25N3O2/c23-19(8-11-21-10-7-15-4-1-2-6-18(15)21)20-12-17-13-22-9-3-5-16(22)14-24-17/h1-2,4,6-7,10,16-17H,3,5,8-9,11-14H2,(H,20,23). The SMILES string of the molecule is O=C(CCn1ccc2ccccc21)NCC1CN2CCCC2CO1. The normalized spacial score (nSPS) is 24.2. The van der Waals surface area contributed by atoms with Gasteiger partial charge in [-0.05, 0) is 36.9 Å². The fourth-order valence-corrected chi connectivity index (χ4v) is 3.88. The lowest BCUT2D eigenvalue weighted by Crippen LogP contribution is -2.50. The maximum Gasteiger partial charge on any atom is 0.221 e. The van der Waals surface area contributed by atoms with Crippen LogP contribution in [0.25, 0.3) is 10.9 Å². The largest absolute Gasteiger partial charge is 0.373 e. The molecular formula is C19H25N3O2. The highest BCUT2D eigenvalue weighted by atomic mass is 16.5. The van der Waals surface area contributed by atoms with E-state index in [1.807, 2.05) is 12.1 Å². The van der Waals surface area contributed by atoms with E-state index in [1.165, 1.54) is 30.3 Å². The number of morpholine rings is 1. The van der Waals surface area contributed by atoms with Gasteiger partial charge in [0.15, 0.2) is 0 Å². The first-order valence-corrected chi connectivity index (χ1v) is 8.96. The quantitative estimate of drug-likeness (QED) is 0.914. The lowest BCUT2D eigenvalue weighted by atomic mass is 10.2. The zero-order valence-electron chi connectivity index (χ0n) is 14.0. The molecule has 0 radical (unpaired) electrons. The number of carbonyl (C=O) groups is 1. The molecule has 5 nitrogen and oxygen atoms in total. The van der Waals surface area contributed by atoms with Crippen LogP contribution in [-0.2, 0) is 16.1 Å². The number of ether oxygens (including phenoxy) is 1. The number of rotatable bonds is 5. The zero-order chi connectivity index (χ0) is 16.4. The van der Waals surface area contributed by atoms with Crippen molar-refractivity contribution in [3.05, 3.63) is 36.5 Å². The molecule has 4 rings (SSSR count). The molecule has 1 amide bonds. The molecule has 0 spiro atoms. The number of hydrogen-bond acceptors (Lipinski definition) is 3. The van der Waals surface area contributed by atoms with Crippen LogP contribution < -0.4 is 5.32 Å². The molecule has 2 aromatic rings. The average molecular weight is 327 g/mol. The topological polar surface area (TPSA) is 46.5 Å². The van der Waals surface area contributed by atoms with Crippen LogP contribution in [0.15, 0.2) is 36.5 Å². The van der Waals surface area contributed by atoms with E-state index in [2.05, 4.69) is 39.2 Å². The molecule has 2 aliphatic heterocycles. The Hall–Kier alpha value is -1.85. The van der Waals surface area contributed by atoms with Gasteiger partial charge >= 0.3 is 0 Å². The predicted octanol–water partition coefficient (Wildman–Crippen LogP) is 2.01. The van der Waals surface area contributed by atoms with Gasteiger partial charge in [-0.3, -0.25) is 9.69 Å². The van der Waals surface area contributed by atoms with Gasteiger partial charge in [0.2, 0.25) is 5.91 Å². The summed E-state index contributed by atoms with van der Waals surface area (Å²) in [6, 6.07) is 11.0. The van der Waals surface area contributed by atoms with Crippen molar-refractivity contribution in [2.45, 2.75) is 38.0 Å². The van der Waals surface area contributed by atoms with Crippen molar-refractivity contribution in [1.82, 2.24) is 14.8 Å². The minimum atomic E-state index is 0.0972. The lowest BCUT2D eigenvalue weighted by Gasteiger charge is -2.35. The summed E-state index contributed by atoms with van der Waals surface area (Å²) in [4.78, 5) is 14.7. The number of aromatic nitrogens is 1. The van der Waals surface area contributed by atoms with E-state index in [-0.39, 0.29) is 12.0 Å². The number of fused-ring (bicyclic) bond motifs is 2. The number of hydrogen-bond donors (Lipinski definition) is 1. The van der Waals surface area contributed by atoms with Crippen LogP contribution in [0.1, 0.15) is 19.3 Å². The minimum absolute atomic E-state index is 0.0972. The summed E-state index contributed by atoms with van der Waals surface area (Å²) in [5.74, 6) is 0.0972. The van der Waals surface area contributed by atoms with Crippen molar-refractivity contribution in [2.75, 3.05) is 26.2 Å². The first-order chi connectivity index (χ1) is 11.8. The van der Waals surface area contributed by atoms with E-state index in [4.69, 9.17) is 4.74 Å². The summed E-state index contributed by atoms with van der Waals surface area (Å²) in [5, 5.41) is 4.26. The summed E-state index contributed by atoms with van der Waals surface area (Å²) in [6.07, 6.45) is 5.21. The number of amides is 1. The van der Waals surface area contributed by atoms with Gasteiger partial charge in [0.25, 0.3) is 0 Å². The number of nitrogens with zero attached hydrogens (tertiary/aromatic N) is 2. The van der Waals surface area contributed by atoms with Crippen molar-refractivity contribution in [3.63, 3.8) is 0 Å². The average Bonchev–Trinajstić information content (AvgIpc) is 3.24. The number of nitrogens with one attached hydrogen (secondary N) is 1. The van der Waals surface area contributed by atoms with Gasteiger partial charge in [-0.15, -0.1) is 0 Å². The Labute approximate surface area is 142 Å². The number of carbonyl (C=O) groups excluding carboxylic acids is 1. The molecule has 1 N–H and O–H groups in total. The van der Waals surface area contributed by atoms with Gasteiger partial charge in [0.05, 0.1) is 12.7 Å². The smallest absolute Gasteiger partial charge is 0.221 e. The zero-order valence-corrected chi connectivity index (χ0v) is 14.0. The number of para-hydroxylation sites is 1. The minimum Gasteiger partial charge on any atom is -0.373 e. The van der Waals surface area contributed by atoms with E-state index in [1.54, 1.807) is 0 Å². The van der Waals surface area contributed by atoms with Gasteiger partial charge in [-0.25, -0.2) is 0 Å². The van der Waals surface area contributed by atoms with E-state index < -0.39 is 0 Å². The maximum atomic E-state index is 12.2. The van der Waals surface area contributed by atoms with Crippen LogP contribution >= 0.6 is 0 Å². The second-order valence-corrected chi connectivity index (χ2v) is 6.87. The second-order valence-electron chi connectivity index (χ2n) is 6.87. The first-order valence-electron chi connectivity index (χ1n) is 8.96. The van der Waals surface area contributed by atoms with Crippen LogP contribution in [0.2, 0.25) is 0 Å². The molecule has 128 valence electrons. The molecule has 3 heterocycles. The van der Waals surface area contributed by atoms with Crippen molar-refractivity contribution in [1.29, 1.82) is 0 Å². The van der Waals surface area contributed by atoms with Gasteiger partial charge in [-0.2, -0.15) is 0 Å². The number of aryl methyl sites for hydroxylation is 1. The third-order valence-corrected chi connectivity index (χ3v) is 5.25. The first kappa shape index (κ1) is 15.7. The Balaban J connectivity index is 1.24. The molecule has 5 heteroatoms. The lowest BCUT2D eigenvalue weighted by molar-refractivity contribution is -0.122. The second kappa shape index (κ2) is 6.95. The van der Waals surface area contributed by atoms with Crippen molar-refractivity contribution in [3.8, 4) is 0 Å². The van der Waals surface area contributed by atoms with E-state index in [0.29, 0.717) is 25.6 Å². The van der Waals surface area contributed by atoms with Crippen LogP contribution in [0.4, 0.5) is 0 Å². The van der Waals surface area contributed by atoms with Gasteiger partial charge in [0, 0.05) is 43.8 Å². The Morgan fingerprint density at radius 1 is 1.29 bits per heavy atom. The Morgan fingerprint density at radius 3 is 3.17 bits per heavy atom. The van der Waals surface area contributed by atoms with E-state index >= 15 is 0 Å². The molecular weight excluding hydrogens is 302 g/mol. The van der Waals surface area contributed by atoms with Crippen molar-refractivity contribution >= 4 is 16.8 Å². The van der Waals surface area contributed by atoms with Crippen LogP contribution in [0, 0.1) is 0 Å². The predicted molar refractivity (Wildman–Crippen MR) is 93.9 cm³/mol. The summed E-state index contributed by atoms with van der Waals surface area (Å²) in [5.41, 5.74) is 1.18. The Bertz CT molecular complexity index is 711. The molecule has 0 saturated carbocycles. The van der Waals surface area contributed by atoms with Gasteiger partial charge in [-0.1, -0.05) is 18.2 Å². The fraction of sp³-hybridized carbons (Fsp3) is 0.526. The molecule has 0 bridgehead atoms. The van der Waals surface area contributed by atoms with Crippen molar-refractivity contribution in [2.24, 2.45) is 0 Å². The molecule has 24 heavy (non-hydrogen) atoms. The van der Waals surface area contributed by atoms with Crippen LogP contribution in [0.5, 0.6) is 0 Å². The maximum absolute atomic E-state index is 12.2. The monoisotopic (exact) mass is 327 g/mol. The number of benzene rings is 1. The van der Waals surface area contributed by atoms with E-state index in [0.717, 1.165) is 13.2 Å². The molecule has 2 fully saturated rings. The van der Waals surface area contributed by atoms with Gasteiger partial charge in [0.1, 0.15) is 0 Å². The molecule has 1 aromatic heterocycles. The molecule has 2 saturated heterocycles. The van der Waals surface area contributed by atoms with Crippen LogP contribution in [-0.4, -0.2) is 53.8 Å². The Kier molecular flexibility index (Phi) is 4.54. The summed E-state index contributed by atoms with van der Waals surface area (Å²) in [7, 11) is 0. The Morgan fingerprint density at radius 2 is 2.21 bits per heavy atom. The van der Waals surface area contributed by atoms with Crippen molar-refractivity contribution < 1.29 is 9.53 Å².